The molecule has 8 nitrogen and oxygen atoms in total. The number of rotatable bonds is 4. The van der Waals surface area contributed by atoms with E-state index in [1.54, 1.807) is 12.1 Å². The molecule has 0 bridgehead atoms. The van der Waals surface area contributed by atoms with Crippen molar-refractivity contribution in [2.75, 3.05) is 52.6 Å². The van der Waals surface area contributed by atoms with E-state index in [0.717, 1.165) is 0 Å². The van der Waals surface area contributed by atoms with E-state index in [4.69, 9.17) is 60.0 Å². The SMILES string of the molecule is O=S(=O)(c1ccc([S-])c([S-])c1)N1CCOCC1.O=S(=O)(c1ccc([S-])c([S-])c1)N1CCOCC1.[Cu]. The van der Waals surface area contributed by atoms with Crippen LogP contribution in [0, 0.1) is 0 Å². The summed E-state index contributed by atoms with van der Waals surface area (Å²) >= 11 is 19.9. The van der Waals surface area contributed by atoms with Gasteiger partial charge in [-0.2, -0.15) is 28.2 Å². The maximum atomic E-state index is 12.2. The van der Waals surface area contributed by atoms with Gasteiger partial charge in [-0.05, 0) is 12.1 Å². The van der Waals surface area contributed by atoms with Crippen LogP contribution in [0.4, 0.5) is 0 Å². The average molecular weight is 642 g/mol. The number of ether oxygens (including phenoxy) is 2. The van der Waals surface area contributed by atoms with Gasteiger partial charge in [0.05, 0.1) is 36.2 Å². The maximum absolute atomic E-state index is 12.2. The predicted molar refractivity (Wildman–Crippen MR) is 135 cm³/mol. The van der Waals surface area contributed by atoms with Crippen LogP contribution in [-0.4, -0.2) is 78.1 Å². The van der Waals surface area contributed by atoms with E-state index in [1.807, 2.05) is 0 Å². The third kappa shape index (κ3) is 7.79. The van der Waals surface area contributed by atoms with E-state index in [-0.39, 0.29) is 26.9 Å². The van der Waals surface area contributed by atoms with Crippen molar-refractivity contribution in [2.45, 2.75) is 29.4 Å². The Bertz CT molecular complexity index is 1120. The Morgan fingerprint density at radius 3 is 1.17 bits per heavy atom. The van der Waals surface area contributed by atoms with Crippen molar-refractivity contribution in [3.8, 4) is 0 Å². The third-order valence-electron chi connectivity index (χ3n) is 5.05. The molecule has 0 atom stereocenters. The number of hydrogen-bond acceptors (Lipinski definition) is 10. The van der Waals surface area contributed by atoms with Gasteiger partial charge in [-0.3, -0.25) is 0 Å². The second-order valence-corrected chi connectivity index (χ2v) is 12.9. The van der Waals surface area contributed by atoms with Crippen LogP contribution in [0.5, 0.6) is 0 Å². The molecule has 0 spiro atoms. The van der Waals surface area contributed by atoms with Gasteiger partial charge in [0.1, 0.15) is 0 Å². The van der Waals surface area contributed by atoms with Gasteiger partial charge in [0.2, 0.25) is 20.0 Å². The first kappa shape index (κ1) is 30.8. The monoisotopic (exact) mass is 641 g/mol. The number of nitrogens with zero attached hydrogens (tertiary/aromatic N) is 2. The molecule has 2 aliphatic heterocycles. The normalized spacial score (nSPS) is 17.6. The fourth-order valence-electron chi connectivity index (χ4n) is 3.17. The second kappa shape index (κ2) is 13.4. The molecule has 1 radical (unpaired) electrons. The molecule has 2 saturated heterocycles. The molecule has 2 heterocycles. The van der Waals surface area contributed by atoms with Crippen molar-refractivity contribution in [3.05, 3.63) is 36.4 Å². The molecule has 15 heteroatoms. The molecule has 2 aromatic carbocycles. The summed E-state index contributed by atoms with van der Waals surface area (Å²) in [5.74, 6) is 0. The molecule has 0 amide bonds. The van der Waals surface area contributed by atoms with E-state index < -0.39 is 20.0 Å². The van der Waals surface area contributed by atoms with Crippen LogP contribution in [0.1, 0.15) is 0 Å². The molecule has 4 rings (SSSR count). The van der Waals surface area contributed by atoms with Gasteiger partial charge in [-0.15, -0.1) is 0 Å². The molecular weight excluding hydrogens is 620 g/mol. The minimum Gasteiger partial charge on any atom is -0.781 e. The van der Waals surface area contributed by atoms with E-state index in [9.17, 15) is 16.8 Å². The van der Waals surface area contributed by atoms with Gasteiger partial charge in [-0.1, -0.05) is 24.3 Å². The summed E-state index contributed by atoms with van der Waals surface area (Å²) in [4.78, 5) is 2.21. The van der Waals surface area contributed by atoms with E-state index in [1.165, 1.54) is 32.9 Å². The summed E-state index contributed by atoms with van der Waals surface area (Å²) in [6.07, 6.45) is 0. The van der Waals surface area contributed by atoms with Gasteiger partial charge in [-0.25, -0.2) is 16.8 Å². The molecule has 2 aromatic rings. The Morgan fingerprint density at radius 2 is 0.886 bits per heavy atom. The van der Waals surface area contributed by atoms with Crippen molar-refractivity contribution >= 4 is 70.6 Å². The molecule has 0 unspecified atom stereocenters. The van der Waals surface area contributed by atoms with Crippen LogP contribution in [0.3, 0.4) is 0 Å². The molecule has 35 heavy (non-hydrogen) atoms. The van der Waals surface area contributed by atoms with Crippen molar-refractivity contribution < 1.29 is 43.4 Å². The third-order valence-corrected chi connectivity index (χ3v) is 10.5. The topological polar surface area (TPSA) is 93.2 Å². The van der Waals surface area contributed by atoms with Crippen LogP contribution in [0.2, 0.25) is 0 Å². The zero-order valence-electron chi connectivity index (χ0n) is 18.2. The predicted octanol–water partition coefficient (Wildman–Crippen LogP) is 1.04. The first-order valence-electron chi connectivity index (χ1n) is 10.2. The average Bonchev–Trinajstić information content (AvgIpc) is 2.84. The van der Waals surface area contributed by atoms with Gasteiger partial charge in [0.15, 0.2) is 0 Å². The van der Waals surface area contributed by atoms with Crippen LogP contribution in [-0.2, 0) is 97.1 Å². The number of morpholine rings is 2. The first-order chi connectivity index (χ1) is 16.0. The molecule has 0 aromatic heterocycles. The Labute approximate surface area is 239 Å². The van der Waals surface area contributed by atoms with E-state index in [0.29, 0.717) is 72.2 Å². The molecule has 0 N–H and O–H groups in total. The van der Waals surface area contributed by atoms with Gasteiger partial charge < -0.3 is 60.0 Å². The Hall–Kier alpha value is -0.421. The van der Waals surface area contributed by atoms with Gasteiger partial charge in [0, 0.05) is 43.2 Å². The second-order valence-electron chi connectivity index (χ2n) is 7.25. The minimum absolute atomic E-state index is 0. The number of sulfonamides is 2. The fourth-order valence-corrected chi connectivity index (χ4v) is 6.83. The summed E-state index contributed by atoms with van der Waals surface area (Å²) in [5.41, 5.74) is 0. The quantitative estimate of drug-likeness (QED) is 0.356. The van der Waals surface area contributed by atoms with Crippen LogP contribution in [0.15, 0.2) is 65.8 Å². The molecular formula is C20H22CuN2O6S6-4. The zero-order chi connectivity index (χ0) is 24.9. The Morgan fingerprint density at radius 1 is 0.571 bits per heavy atom. The minimum atomic E-state index is -3.46. The van der Waals surface area contributed by atoms with Crippen molar-refractivity contribution in [1.29, 1.82) is 0 Å². The molecule has 199 valence electrons. The van der Waals surface area contributed by atoms with Crippen LogP contribution >= 0.6 is 0 Å². The molecule has 0 aliphatic carbocycles. The van der Waals surface area contributed by atoms with Crippen LogP contribution in [0.25, 0.3) is 0 Å². The summed E-state index contributed by atoms with van der Waals surface area (Å²) in [5, 5.41) is 0. The van der Waals surface area contributed by atoms with E-state index >= 15 is 0 Å². The summed E-state index contributed by atoms with van der Waals surface area (Å²) in [6.45, 7) is 3.24. The summed E-state index contributed by atoms with van der Waals surface area (Å²) < 4.78 is 62.0. The Balaban J connectivity index is 0.000000240. The molecule has 2 aliphatic rings. The summed E-state index contributed by atoms with van der Waals surface area (Å²) in [6, 6.07) is 9.02. The smallest absolute Gasteiger partial charge is 0.243 e. The number of hydrogen-bond donors (Lipinski definition) is 0. The maximum Gasteiger partial charge on any atom is 0.243 e. The zero-order valence-corrected chi connectivity index (χ0v) is 24.1. The largest absolute Gasteiger partial charge is 0.781 e. The molecule has 0 saturated carbocycles. The first-order valence-corrected chi connectivity index (χ1v) is 14.7. The van der Waals surface area contributed by atoms with Crippen molar-refractivity contribution in [3.63, 3.8) is 0 Å². The molecule has 2 fully saturated rings. The van der Waals surface area contributed by atoms with E-state index in [2.05, 4.69) is 0 Å². The van der Waals surface area contributed by atoms with Crippen LogP contribution < -0.4 is 0 Å². The van der Waals surface area contributed by atoms with Gasteiger partial charge in [0.25, 0.3) is 0 Å². The fraction of sp³-hybridized carbons (Fsp3) is 0.400. The Kier molecular flexibility index (Phi) is 11.8. The summed E-state index contributed by atoms with van der Waals surface area (Å²) in [7, 11) is -6.92. The number of benzene rings is 2. The van der Waals surface area contributed by atoms with Gasteiger partial charge >= 0.3 is 0 Å². The van der Waals surface area contributed by atoms with Crippen molar-refractivity contribution in [2.24, 2.45) is 0 Å². The standard InChI is InChI=1S/2C10H13NO3S3.Cu/c2*12-17(13,11-3-5-14-6-4-11)8-1-2-9(15)10(16)7-8;/h2*1-2,7,15-16H,3-6H2;/p-4. The van der Waals surface area contributed by atoms with Crippen molar-refractivity contribution in [1.82, 2.24) is 8.61 Å².